The number of fused-ring (bicyclic) bond motifs is 1. The molecule has 0 bridgehead atoms. The second kappa shape index (κ2) is 4.81. The van der Waals surface area contributed by atoms with Crippen molar-refractivity contribution in [2.24, 2.45) is 0 Å². The van der Waals surface area contributed by atoms with Crippen molar-refractivity contribution < 1.29 is 4.79 Å². The van der Waals surface area contributed by atoms with Gasteiger partial charge >= 0.3 is 0 Å². The maximum Gasteiger partial charge on any atom is 0.233 e. The monoisotopic (exact) mass is 275 g/mol. The molecule has 1 aliphatic rings. The Morgan fingerprint density at radius 3 is 3.11 bits per heavy atom. The highest BCUT2D eigenvalue weighted by atomic mass is 32.1. The van der Waals surface area contributed by atoms with E-state index in [0.717, 1.165) is 30.5 Å². The fraction of sp³-hybridized carbons (Fsp3) is 0.429. The number of aromatic nitrogens is 2. The number of nitrogens with zero attached hydrogens (tertiary/aromatic N) is 1. The third kappa shape index (κ3) is 2.18. The normalized spacial score (nSPS) is 18.1. The van der Waals surface area contributed by atoms with Crippen LogP contribution < -0.4 is 5.32 Å². The molecule has 4 nitrogen and oxygen atoms in total. The Labute approximate surface area is 116 Å². The van der Waals surface area contributed by atoms with E-state index in [1.54, 1.807) is 11.3 Å². The number of carbonyl (C=O) groups is 1. The molecule has 1 amide bonds. The fourth-order valence-electron chi connectivity index (χ4n) is 2.57. The molecule has 0 fully saturated rings. The van der Waals surface area contributed by atoms with E-state index in [1.165, 1.54) is 10.4 Å². The first-order valence-electron chi connectivity index (χ1n) is 6.55. The van der Waals surface area contributed by atoms with E-state index < -0.39 is 0 Å². The van der Waals surface area contributed by atoms with Gasteiger partial charge in [0.15, 0.2) is 5.82 Å². The maximum atomic E-state index is 12.4. The largest absolute Gasteiger partial charge is 0.308 e. The molecule has 0 aromatic carbocycles. The molecule has 5 heteroatoms. The highest BCUT2D eigenvalue weighted by Crippen LogP contribution is 2.35. The number of anilines is 1. The van der Waals surface area contributed by atoms with Gasteiger partial charge in [-0.2, -0.15) is 5.10 Å². The van der Waals surface area contributed by atoms with Gasteiger partial charge in [0, 0.05) is 16.1 Å². The number of amides is 1. The molecule has 1 atom stereocenters. The number of thiophene rings is 1. The third-order valence-corrected chi connectivity index (χ3v) is 4.86. The maximum absolute atomic E-state index is 12.4. The van der Waals surface area contributed by atoms with Gasteiger partial charge in [-0.25, -0.2) is 0 Å². The lowest BCUT2D eigenvalue weighted by Crippen LogP contribution is -2.24. The number of hydrogen-bond acceptors (Lipinski definition) is 3. The highest BCUT2D eigenvalue weighted by Gasteiger charge is 2.28. The van der Waals surface area contributed by atoms with E-state index in [-0.39, 0.29) is 11.8 Å². The molecule has 0 spiro atoms. The lowest BCUT2D eigenvalue weighted by molar-refractivity contribution is -0.117. The lowest BCUT2D eigenvalue weighted by atomic mass is 9.87. The Hall–Kier alpha value is -1.62. The van der Waals surface area contributed by atoms with Gasteiger partial charge in [0.05, 0.1) is 5.92 Å². The van der Waals surface area contributed by atoms with Gasteiger partial charge in [0.25, 0.3) is 0 Å². The highest BCUT2D eigenvalue weighted by molar-refractivity contribution is 7.10. The van der Waals surface area contributed by atoms with Crippen molar-refractivity contribution in [1.82, 2.24) is 10.2 Å². The third-order valence-electron chi connectivity index (χ3n) is 3.86. The van der Waals surface area contributed by atoms with Gasteiger partial charge in [-0.3, -0.25) is 9.89 Å². The number of nitrogens with one attached hydrogen (secondary N) is 2. The summed E-state index contributed by atoms with van der Waals surface area (Å²) in [6.45, 7) is 3.92. The van der Waals surface area contributed by atoms with E-state index in [2.05, 4.69) is 27.0 Å². The summed E-state index contributed by atoms with van der Waals surface area (Å²) >= 11 is 1.76. The molecule has 100 valence electrons. The van der Waals surface area contributed by atoms with Crippen LogP contribution in [-0.4, -0.2) is 16.1 Å². The molecule has 0 radical (unpaired) electrons. The first kappa shape index (κ1) is 12.4. The molecule has 2 heterocycles. The van der Waals surface area contributed by atoms with Crippen LogP contribution in [0.5, 0.6) is 0 Å². The Kier molecular flexibility index (Phi) is 3.14. The standard InChI is InChI=1S/C14H17N3OS/c1-8-9(2)16-17-13(8)15-14(18)11-4-3-5-12-10(11)6-7-19-12/h6-7,11H,3-5H2,1-2H3,(H2,15,16,17,18). The smallest absolute Gasteiger partial charge is 0.233 e. The lowest BCUT2D eigenvalue weighted by Gasteiger charge is -2.21. The van der Waals surface area contributed by atoms with Crippen LogP contribution in [0, 0.1) is 13.8 Å². The summed E-state index contributed by atoms with van der Waals surface area (Å²) in [6.07, 6.45) is 3.12. The summed E-state index contributed by atoms with van der Waals surface area (Å²) in [5, 5.41) is 12.1. The van der Waals surface area contributed by atoms with Crippen LogP contribution >= 0.6 is 11.3 Å². The van der Waals surface area contributed by atoms with Gasteiger partial charge < -0.3 is 5.32 Å². The zero-order valence-electron chi connectivity index (χ0n) is 11.1. The van der Waals surface area contributed by atoms with Crippen molar-refractivity contribution in [3.8, 4) is 0 Å². The molecule has 19 heavy (non-hydrogen) atoms. The Morgan fingerprint density at radius 1 is 1.53 bits per heavy atom. The number of H-pyrrole nitrogens is 1. The van der Waals surface area contributed by atoms with Gasteiger partial charge in [-0.05, 0) is 50.1 Å². The second-order valence-electron chi connectivity index (χ2n) is 5.06. The number of hydrogen-bond donors (Lipinski definition) is 2. The van der Waals surface area contributed by atoms with Gasteiger partial charge in [-0.15, -0.1) is 11.3 Å². The molecule has 1 unspecified atom stereocenters. The number of aryl methyl sites for hydroxylation is 2. The van der Waals surface area contributed by atoms with E-state index in [0.29, 0.717) is 5.82 Å². The van der Waals surface area contributed by atoms with Crippen LogP contribution in [0.15, 0.2) is 11.4 Å². The molecule has 2 aromatic rings. The predicted octanol–water partition coefficient (Wildman–Crippen LogP) is 3.15. The quantitative estimate of drug-likeness (QED) is 0.884. The van der Waals surface area contributed by atoms with Gasteiger partial charge in [0.2, 0.25) is 5.91 Å². The minimum Gasteiger partial charge on any atom is -0.308 e. The van der Waals surface area contributed by atoms with Crippen LogP contribution in [0.4, 0.5) is 5.82 Å². The zero-order valence-corrected chi connectivity index (χ0v) is 11.9. The molecule has 1 aliphatic carbocycles. The Balaban J connectivity index is 1.81. The van der Waals surface area contributed by atoms with E-state index >= 15 is 0 Å². The molecule has 0 aliphatic heterocycles. The van der Waals surface area contributed by atoms with Crippen LogP contribution in [0.2, 0.25) is 0 Å². The van der Waals surface area contributed by atoms with Crippen LogP contribution in [0.3, 0.4) is 0 Å². The molecule has 3 rings (SSSR count). The van der Waals surface area contributed by atoms with Gasteiger partial charge in [0.1, 0.15) is 0 Å². The first-order chi connectivity index (χ1) is 9.16. The minimum absolute atomic E-state index is 0.0218. The molecule has 0 saturated carbocycles. The van der Waals surface area contributed by atoms with E-state index in [9.17, 15) is 4.79 Å². The minimum atomic E-state index is -0.0218. The van der Waals surface area contributed by atoms with Crippen molar-refractivity contribution in [3.05, 3.63) is 33.1 Å². The van der Waals surface area contributed by atoms with Crippen LogP contribution in [0.25, 0.3) is 0 Å². The molecular weight excluding hydrogens is 258 g/mol. The summed E-state index contributed by atoms with van der Waals surface area (Å²) < 4.78 is 0. The van der Waals surface area contributed by atoms with Crippen LogP contribution in [-0.2, 0) is 11.2 Å². The van der Waals surface area contributed by atoms with Crippen molar-refractivity contribution in [1.29, 1.82) is 0 Å². The summed E-state index contributed by atoms with van der Waals surface area (Å²) in [6, 6.07) is 2.09. The van der Waals surface area contributed by atoms with Crippen molar-refractivity contribution in [3.63, 3.8) is 0 Å². The number of aromatic amines is 1. The summed E-state index contributed by atoms with van der Waals surface area (Å²) in [5.41, 5.74) is 3.21. The van der Waals surface area contributed by atoms with E-state index in [4.69, 9.17) is 0 Å². The number of rotatable bonds is 2. The zero-order chi connectivity index (χ0) is 13.4. The van der Waals surface area contributed by atoms with E-state index in [1.807, 2.05) is 13.8 Å². The average Bonchev–Trinajstić information content (AvgIpc) is 3.00. The predicted molar refractivity (Wildman–Crippen MR) is 76.7 cm³/mol. The summed E-state index contributed by atoms with van der Waals surface area (Å²) in [4.78, 5) is 13.8. The molecular formula is C14H17N3OS. The SMILES string of the molecule is Cc1[nH]nc(NC(=O)C2CCCc3sccc32)c1C. The topological polar surface area (TPSA) is 57.8 Å². The molecule has 0 saturated heterocycles. The van der Waals surface area contributed by atoms with Crippen molar-refractivity contribution in [2.45, 2.75) is 39.0 Å². The fourth-order valence-corrected chi connectivity index (χ4v) is 3.56. The Bertz CT molecular complexity index is 614. The van der Waals surface area contributed by atoms with Gasteiger partial charge in [-0.1, -0.05) is 0 Å². The van der Waals surface area contributed by atoms with Crippen molar-refractivity contribution in [2.75, 3.05) is 5.32 Å². The van der Waals surface area contributed by atoms with Crippen LogP contribution in [0.1, 0.15) is 40.5 Å². The second-order valence-corrected chi connectivity index (χ2v) is 6.06. The Morgan fingerprint density at radius 2 is 2.37 bits per heavy atom. The molecule has 2 N–H and O–H groups in total. The summed E-state index contributed by atoms with van der Waals surface area (Å²) in [7, 11) is 0. The molecule has 2 aromatic heterocycles. The summed E-state index contributed by atoms with van der Waals surface area (Å²) in [5.74, 6) is 0.699. The average molecular weight is 275 g/mol. The first-order valence-corrected chi connectivity index (χ1v) is 7.43. The number of carbonyl (C=O) groups excluding carboxylic acids is 1. The van der Waals surface area contributed by atoms with Crippen molar-refractivity contribution >= 4 is 23.1 Å².